The molecule has 8 rings (SSSR count). The van der Waals surface area contributed by atoms with Gasteiger partial charge in [0.05, 0.1) is 40.2 Å². The minimum absolute atomic E-state index is 0.00849. The van der Waals surface area contributed by atoms with Crippen molar-refractivity contribution in [3.05, 3.63) is 152 Å². The monoisotopic (exact) mass is 925 g/mol. The molecule has 0 aliphatic carbocycles. The maximum atomic E-state index is 14.5. The SMILES string of the molecule is CC(C)(C)OC(=O)N1CCC(OCC(O)(c2cn(Cc3ccccc3)c3cc([N+](=O)[O-])ccc23)C(F)(F)F)CC1.O=[N+]([O-])c1ccc2c(C3(C(F)(F)F)CO3)cn(Cc3ccccc3)c2c1. The number of aliphatic hydroxyl groups is 1. The van der Waals surface area contributed by atoms with E-state index < -0.39 is 70.0 Å². The standard InChI is InChI=1S/C28H32F3N3O6.C18H13F3N2O3/c1-26(2,3)40-25(35)32-13-11-21(12-14-32)39-18-27(36,28(29,30)31)23-17-33(16-19-7-5-4-6-8-19)24-15-20(34(37)38)9-10-22(23)24;19-18(20,21)17(11-26-17)15-10-22(9-12-4-2-1-3-5-12)16-8-13(23(24)25)6-7-14(15)16/h4-10,15,17,21,36H,11-14,16,18H2,1-3H3;1-8,10H,9,11H2. The predicted molar refractivity (Wildman–Crippen MR) is 229 cm³/mol. The molecule has 6 aromatic rings. The minimum atomic E-state index is -5.11. The lowest BCUT2D eigenvalue weighted by Gasteiger charge is -2.36. The fourth-order valence-electron chi connectivity index (χ4n) is 7.89. The first-order valence-corrected chi connectivity index (χ1v) is 20.7. The number of epoxide rings is 1. The Morgan fingerprint density at radius 1 is 0.773 bits per heavy atom. The zero-order chi connectivity index (χ0) is 47.8. The van der Waals surface area contributed by atoms with E-state index in [2.05, 4.69) is 0 Å². The van der Waals surface area contributed by atoms with Gasteiger partial charge in [-0.2, -0.15) is 26.3 Å². The number of nitrogens with zero attached hydrogens (tertiary/aromatic N) is 5. The Morgan fingerprint density at radius 3 is 1.71 bits per heavy atom. The summed E-state index contributed by atoms with van der Waals surface area (Å²) in [7, 11) is 0. The molecule has 0 saturated carbocycles. The molecule has 2 unspecified atom stereocenters. The van der Waals surface area contributed by atoms with Gasteiger partial charge in [0.2, 0.25) is 11.2 Å². The van der Waals surface area contributed by atoms with E-state index >= 15 is 0 Å². The van der Waals surface area contributed by atoms with E-state index in [9.17, 15) is 56.5 Å². The molecule has 0 radical (unpaired) electrons. The van der Waals surface area contributed by atoms with Crippen LogP contribution in [0.3, 0.4) is 0 Å². The molecule has 2 atom stereocenters. The Balaban J connectivity index is 0.000000214. The van der Waals surface area contributed by atoms with Gasteiger partial charge >= 0.3 is 18.4 Å². The highest BCUT2D eigenvalue weighted by Gasteiger charge is 2.68. The van der Waals surface area contributed by atoms with Crippen molar-refractivity contribution in [2.75, 3.05) is 26.3 Å². The van der Waals surface area contributed by atoms with E-state index in [0.717, 1.165) is 17.2 Å². The molecular formula is C46H45F6N5O9. The second-order valence-electron chi connectivity index (χ2n) is 17.2. The molecule has 0 bridgehead atoms. The summed E-state index contributed by atoms with van der Waals surface area (Å²) in [5, 5.41) is 34.0. The van der Waals surface area contributed by atoms with Gasteiger partial charge < -0.3 is 33.4 Å². The number of nitro groups is 2. The van der Waals surface area contributed by atoms with Crippen molar-refractivity contribution in [3.8, 4) is 0 Å². The van der Waals surface area contributed by atoms with Crippen LogP contribution in [-0.4, -0.2) is 85.4 Å². The number of amides is 1. The third kappa shape index (κ3) is 9.99. The Bertz CT molecular complexity index is 2720. The van der Waals surface area contributed by atoms with Gasteiger partial charge in [-0.15, -0.1) is 0 Å². The first-order chi connectivity index (χ1) is 31.0. The summed E-state index contributed by atoms with van der Waals surface area (Å²) < 4.78 is 103. The number of non-ortho nitro benzene ring substituents is 2. The number of fused-ring (bicyclic) bond motifs is 2. The maximum absolute atomic E-state index is 14.5. The lowest BCUT2D eigenvalue weighted by atomic mass is 9.93. The largest absolute Gasteiger partial charge is 0.444 e. The van der Waals surface area contributed by atoms with Crippen molar-refractivity contribution >= 4 is 39.3 Å². The van der Waals surface area contributed by atoms with Gasteiger partial charge in [-0.1, -0.05) is 60.7 Å². The lowest BCUT2D eigenvalue weighted by molar-refractivity contribution is -0.384. The van der Waals surface area contributed by atoms with Gasteiger partial charge in [0.15, 0.2) is 0 Å². The Labute approximate surface area is 373 Å². The number of carbonyl (C=O) groups excluding carboxylic acids is 1. The fourth-order valence-corrected chi connectivity index (χ4v) is 7.89. The normalized spacial score (nSPS) is 17.8. The second-order valence-corrected chi connectivity index (χ2v) is 17.2. The molecule has 0 spiro atoms. The quantitative estimate of drug-likeness (QED) is 0.0576. The van der Waals surface area contributed by atoms with E-state index in [4.69, 9.17) is 14.2 Å². The number of benzene rings is 4. The summed E-state index contributed by atoms with van der Waals surface area (Å²) in [5.41, 5.74) is -5.11. The average Bonchev–Trinajstić information content (AvgIpc) is 3.91. The number of aromatic nitrogens is 2. The van der Waals surface area contributed by atoms with Crippen molar-refractivity contribution in [1.29, 1.82) is 0 Å². The van der Waals surface area contributed by atoms with Crippen LogP contribution in [0.5, 0.6) is 0 Å². The third-order valence-corrected chi connectivity index (χ3v) is 11.4. The number of halogens is 6. The molecule has 14 nitrogen and oxygen atoms in total. The summed E-state index contributed by atoms with van der Waals surface area (Å²) in [6.07, 6.45) is -7.67. The summed E-state index contributed by atoms with van der Waals surface area (Å²) in [6, 6.07) is 25.5. The number of rotatable bonds is 11. The van der Waals surface area contributed by atoms with Crippen LogP contribution in [0.25, 0.3) is 21.8 Å². The number of carbonyl (C=O) groups is 1. The highest BCUT2D eigenvalue weighted by atomic mass is 19.4. The number of alkyl halides is 6. The van der Waals surface area contributed by atoms with Gasteiger partial charge in [-0.3, -0.25) is 20.2 Å². The van der Waals surface area contributed by atoms with Crippen LogP contribution in [-0.2, 0) is 38.5 Å². The average molecular weight is 926 g/mol. The topological polar surface area (TPSA) is 168 Å². The van der Waals surface area contributed by atoms with Crippen LogP contribution in [0.1, 0.15) is 55.9 Å². The van der Waals surface area contributed by atoms with Crippen LogP contribution < -0.4 is 0 Å². The smallest absolute Gasteiger partial charge is 0.424 e. The van der Waals surface area contributed by atoms with Crippen LogP contribution in [0, 0.1) is 20.2 Å². The zero-order valence-electron chi connectivity index (χ0n) is 35.8. The summed E-state index contributed by atoms with van der Waals surface area (Å²) in [6.45, 7) is 4.62. The van der Waals surface area contributed by atoms with Crippen LogP contribution in [0.2, 0.25) is 0 Å². The zero-order valence-corrected chi connectivity index (χ0v) is 35.8. The van der Waals surface area contributed by atoms with Gasteiger partial charge in [0.1, 0.15) is 5.60 Å². The van der Waals surface area contributed by atoms with E-state index in [1.807, 2.05) is 30.3 Å². The molecule has 1 N–H and O–H groups in total. The summed E-state index contributed by atoms with van der Waals surface area (Å²) >= 11 is 0. The molecule has 2 aliphatic rings. The van der Waals surface area contributed by atoms with E-state index in [1.54, 1.807) is 55.7 Å². The molecule has 4 heterocycles. The third-order valence-electron chi connectivity index (χ3n) is 11.4. The van der Waals surface area contributed by atoms with E-state index in [1.165, 1.54) is 52.2 Å². The van der Waals surface area contributed by atoms with Crippen molar-refractivity contribution in [3.63, 3.8) is 0 Å². The summed E-state index contributed by atoms with van der Waals surface area (Å²) in [5.74, 6) is 0. The van der Waals surface area contributed by atoms with E-state index in [-0.39, 0.29) is 60.3 Å². The molecule has 4 aromatic carbocycles. The molecule has 20 heteroatoms. The highest BCUT2D eigenvalue weighted by Crippen LogP contribution is 2.54. The first-order valence-electron chi connectivity index (χ1n) is 20.7. The summed E-state index contributed by atoms with van der Waals surface area (Å²) in [4.78, 5) is 35.1. The van der Waals surface area contributed by atoms with Gasteiger partial charge in [-0.05, 0) is 56.9 Å². The predicted octanol–water partition coefficient (Wildman–Crippen LogP) is 10.1. The van der Waals surface area contributed by atoms with Crippen LogP contribution in [0.4, 0.5) is 42.5 Å². The molecular weight excluding hydrogens is 881 g/mol. The Hall–Kier alpha value is -6.51. The Morgan fingerprint density at radius 2 is 1.26 bits per heavy atom. The van der Waals surface area contributed by atoms with Crippen molar-refractivity contribution in [1.82, 2.24) is 14.0 Å². The number of nitro benzene ring substituents is 2. The Kier molecular flexibility index (Phi) is 13.0. The molecule has 2 saturated heterocycles. The molecule has 66 heavy (non-hydrogen) atoms. The molecule has 2 fully saturated rings. The fraction of sp³-hybridized carbons (Fsp3) is 0.370. The van der Waals surface area contributed by atoms with Crippen molar-refractivity contribution in [2.45, 2.75) is 82.0 Å². The number of hydrogen-bond acceptors (Lipinski definition) is 9. The molecule has 2 aliphatic heterocycles. The van der Waals surface area contributed by atoms with Crippen LogP contribution in [0.15, 0.2) is 109 Å². The van der Waals surface area contributed by atoms with Gasteiger partial charge in [0.25, 0.3) is 11.4 Å². The number of likely N-dealkylation sites (tertiary alicyclic amines) is 1. The number of ether oxygens (including phenoxy) is 3. The minimum Gasteiger partial charge on any atom is -0.444 e. The molecule has 350 valence electrons. The lowest BCUT2D eigenvalue weighted by Crippen LogP contribution is -2.48. The number of piperidine rings is 1. The number of hydrogen-bond donors (Lipinski definition) is 1. The van der Waals surface area contributed by atoms with Crippen LogP contribution >= 0.6 is 0 Å². The van der Waals surface area contributed by atoms with Gasteiger partial charge in [0, 0.05) is 84.7 Å². The first kappa shape index (κ1) is 47.5. The maximum Gasteiger partial charge on any atom is 0.424 e. The van der Waals surface area contributed by atoms with Crippen molar-refractivity contribution in [2.24, 2.45) is 0 Å². The van der Waals surface area contributed by atoms with Gasteiger partial charge in [-0.25, -0.2) is 4.79 Å². The van der Waals surface area contributed by atoms with E-state index in [0.29, 0.717) is 17.4 Å². The highest BCUT2D eigenvalue weighted by molar-refractivity contribution is 5.88. The molecule has 1 amide bonds. The molecule has 2 aromatic heterocycles. The van der Waals surface area contributed by atoms with Crippen molar-refractivity contribution < 1.29 is 60.3 Å². The second kappa shape index (κ2) is 18.0.